The van der Waals surface area contributed by atoms with Gasteiger partial charge in [-0.25, -0.2) is 4.98 Å². The van der Waals surface area contributed by atoms with Crippen molar-refractivity contribution in [3.8, 4) is 5.75 Å². The number of carbonyl (C=O) groups excluding carboxylic acids is 2. The fourth-order valence-electron chi connectivity index (χ4n) is 3.47. The first-order chi connectivity index (χ1) is 14.1. The second-order valence-corrected chi connectivity index (χ2v) is 6.86. The van der Waals surface area contributed by atoms with Gasteiger partial charge in [0.2, 0.25) is 0 Å². The number of hydrogen-bond acceptors (Lipinski definition) is 5. The van der Waals surface area contributed by atoms with Gasteiger partial charge in [0, 0.05) is 45.0 Å². The summed E-state index contributed by atoms with van der Waals surface area (Å²) in [7, 11) is 1.65. The van der Waals surface area contributed by atoms with Crippen LogP contribution in [-0.2, 0) is 0 Å². The maximum absolute atomic E-state index is 12.9. The summed E-state index contributed by atoms with van der Waals surface area (Å²) in [5, 5.41) is 0. The van der Waals surface area contributed by atoms with Gasteiger partial charge in [0.1, 0.15) is 17.1 Å². The summed E-state index contributed by atoms with van der Waals surface area (Å²) in [6.45, 7) is 7.80. The summed E-state index contributed by atoms with van der Waals surface area (Å²) >= 11 is 0. The summed E-state index contributed by atoms with van der Waals surface area (Å²) in [5.74, 6) is 0.551. The molecule has 3 rings (SSSR count). The number of benzene rings is 1. The van der Waals surface area contributed by atoms with Crippen LogP contribution in [0.5, 0.6) is 5.75 Å². The molecule has 2 amide bonds. The van der Waals surface area contributed by atoms with Gasteiger partial charge in [0.25, 0.3) is 11.8 Å². The Morgan fingerprint density at radius 3 is 2.17 bits per heavy atom. The highest BCUT2D eigenvalue weighted by molar-refractivity contribution is 5.96. The molecule has 0 radical (unpaired) electrons. The summed E-state index contributed by atoms with van der Waals surface area (Å²) in [6.07, 6.45) is 0. The predicted molar refractivity (Wildman–Crippen MR) is 113 cm³/mol. The number of methoxy groups -OCH3 is 1. The number of aromatic nitrogens is 1. The lowest BCUT2D eigenvalue weighted by Gasteiger charge is -2.36. The Bertz CT molecular complexity index is 841. The summed E-state index contributed by atoms with van der Waals surface area (Å²) in [4.78, 5) is 35.5. The van der Waals surface area contributed by atoms with E-state index < -0.39 is 0 Å². The van der Waals surface area contributed by atoms with Crippen molar-refractivity contribution in [2.75, 3.05) is 51.3 Å². The molecule has 1 fully saturated rings. The molecule has 0 aliphatic carbocycles. The van der Waals surface area contributed by atoms with Crippen molar-refractivity contribution < 1.29 is 14.3 Å². The van der Waals surface area contributed by atoms with Crippen LogP contribution in [-0.4, -0.2) is 73.0 Å². The van der Waals surface area contributed by atoms with Crippen molar-refractivity contribution in [1.29, 1.82) is 0 Å². The van der Waals surface area contributed by atoms with E-state index in [1.807, 2.05) is 38.1 Å². The molecule has 7 nitrogen and oxygen atoms in total. The van der Waals surface area contributed by atoms with E-state index in [4.69, 9.17) is 4.74 Å². The van der Waals surface area contributed by atoms with E-state index in [0.717, 1.165) is 24.5 Å². The second-order valence-electron chi connectivity index (χ2n) is 6.86. The normalized spacial score (nSPS) is 13.9. The average molecular weight is 396 g/mol. The van der Waals surface area contributed by atoms with E-state index in [1.165, 1.54) is 0 Å². The summed E-state index contributed by atoms with van der Waals surface area (Å²) in [5.41, 5.74) is 1.75. The summed E-state index contributed by atoms with van der Waals surface area (Å²) < 4.78 is 5.20. The van der Waals surface area contributed by atoms with Gasteiger partial charge in [0.15, 0.2) is 0 Å². The van der Waals surface area contributed by atoms with Crippen LogP contribution < -0.4 is 9.64 Å². The van der Waals surface area contributed by atoms with Gasteiger partial charge in [-0.15, -0.1) is 0 Å². The molecule has 2 aromatic rings. The first kappa shape index (κ1) is 20.6. The highest BCUT2D eigenvalue weighted by Crippen LogP contribution is 2.21. The van der Waals surface area contributed by atoms with Crippen molar-refractivity contribution in [3.05, 3.63) is 53.9 Å². The van der Waals surface area contributed by atoms with Crippen molar-refractivity contribution in [2.45, 2.75) is 13.8 Å². The number of pyridine rings is 1. The first-order valence-electron chi connectivity index (χ1n) is 10.0. The van der Waals surface area contributed by atoms with Crippen LogP contribution in [0.4, 0.5) is 5.69 Å². The molecule has 29 heavy (non-hydrogen) atoms. The Hall–Kier alpha value is -3.09. The van der Waals surface area contributed by atoms with Crippen molar-refractivity contribution in [3.63, 3.8) is 0 Å². The van der Waals surface area contributed by atoms with Crippen LogP contribution in [0.2, 0.25) is 0 Å². The van der Waals surface area contributed by atoms with E-state index >= 15 is 0 Å². The number of hydrogen-bond donors (Lipinski definition) is 0. The molecule has 7 heteroatoms. The van der Waals surface area contributed by atoms with E-state index in [1.54, 1.807) is 35.1 Å². The number of piperazine rings is 1. The van der Waals surface area contributed by atoms with E-state index in [9.17, 15) is 9.59 Å². The number of amides is 2. The maximum atomic E-state index is 12.9. The molecule has 2 heterocycles. The molecule has 1 aliphatic heterocycles. The number of rotatable bonds is 6. The third-order valence-electron chi connectivity index (χ3n) is 5.24. The number of ether oxygens (including phenoxy) is 1. The number of carbonyl (C=O) groups is 2. The SMILES string of the molecule is CCN(CC)C(=O)c1cccc(C(=O)N2CCN(c3ccc(OC)cc3)CC2)n1. The molecule has 0 N–H and O–H groups in total. The van der Waals surface area contributed by atoms with Crippen LogP contribution in [0.1, 0.15) is 34.8 Å². The zero-order chi connectivity index (χ0) is 20.8. The van der Waals surface area contributed by atoms with Crippen LogP contribution in [0.3, 0.4) is 0 Å². The third-order valence-corrected chi connectivity index (χ3v) is 5.24. The monoisotopic (exact) mass is 396 g/mol. The average Bonchev–Trinajstić information content (AvgIpc) is 2.79. The second kappa shape index (κ2) is 9.41. The van der Waals surface area contributed by atoms with Crippen molar-refractivity contribution in [1.82, 2.24) is 14.8 Å². The molecule has 0 spiro atoms. The minimum Gasteiger partial charge on any atom is -0.497 e. The Kier molecular flexibility index (Phi) is 6.69. The van der Waals surface area contributed by atoms with Crippen molar-refractivity contribution in [2.24, 2.45) is 0 Å². The van der Waals surface area contributed by atoms with Crippen LogP contribution in [0.15, 0.2) is 42.5 Å². The van der Waals surface area contributed by atoms with E-state index in [0.29, 0.717) is 37.6 Å². The van der Waals surface area contributed by atoms with Gasteiger partial charge in [-0.2, -0.15) is 0 Å². The zero-order valence-electron chi connectivity index (χ0n) is 17.3. The standard InChI is InChI=1S/C22H28N4O3/c1-4-24(5-2)21(27)19-7-6-8-20(23-19)22(28)26-15-13-25(14-16-26)17-9-11-18(29-3)12-10-17/h6-12H,4-5,13-16H2,1-3H3. The van der Waals surface area contributed by atoms with Crippen molar-refractivity contribution >= 4 is 17.5 Å². The Morgan fingerprint density at radius 2 is 1.59 bits per heavy atom. The molecule has 0 atom stereocenters. The Labute approximate surface area is 171 Å². The highest BCUT2D eigenvalue weighted by Gasteiger charge is 2.24. The molecule has 1 aromatic heterocycles. The molecule has 1 aliphatic rings. The topological polar surface area (TPSA) is 66.0 Å². The Morgan fingerprint density at radius 1 is 0.966 bits per heavy atom. The van der Waals surface area contributed by atoms with E-state index in [-0.39, 0.29) is 11.8 Å². The maximum Gasteiger partial charge on any atom is 0.272 e. The minimum atomic E-state index is -0.144. The van der Waals surface area contributed by atoms with E-state index in [2.05, 4.69) is 9.88 Å². The first-order valence-corrected chi connectivity index (χ1v) is 10.0. The molecule has 0 bridgehead atoms. The van der Waals surface area contributed by atoms with Gasteiger partial charge in [-0.05, 0) is 50.2 Å². The van der Waals surface area contributed by atoms with Gasteiger partial charge >= 0.3 is 0 Å². The zero-order valence-corrected chi connectivity index (χ0v) is 17.3. The smallest absolute Gasteiger partial charge is 0.272 e. The Balaban J connectivity index is 1.64. The van der Waals surface area contributed by atoms with Crippen LogP contribution in [0, 0.1) is 0 Å². The summed E-state index contributed by atoms with van der Waals surface area (Å²) in [6, 6.07) is 13.0. The fraction of sp³-hybridized carbons (Fsp3) is 0.409. The molecule has 0 saturated carbocycles. The molecule has 154 valence electrons. The number of nitrogens with zero attached hydrogens (tertiary/aromatic N) is 4. The molecular formula is C22H28N4O3. The molecular weight excluding hydrogens is 368 g/mol. The lowest BCUT2D eigenvalue weighted by atomic mass is 10.2. The molecule has 0 unspecified atom stereocenters. The van der Waals surface area contributed by atoms with Crippen LogP contribution >= 0.6 is 0 Å². The van der Waals surface area contributed by atoms with Gasteiger partial charge in [0.05, 0.1) is 7.11 Å². The lowest BCUT2D eigenvalue weighted by molar-refractivity contribution is 0.0739. The third kappa shape index (κ3) is 4.67. The quantitative estimate of drug-likeness (QED) is 0.751. The van der Waals surface area contributed by atoms with Gasteiger partial charge < -0.3 is 19.4 Å². The lowest BCUT2D eigenvalue weighted by Crippen LogP contribution is -2.49. The largest absolute Gasteiger partial charge is 0.497 e. The molecule has 1 aromatic carbocycles. The highest BCUT2D eigenvalue weighted by atomic mass is 16.5. The van der Waals surface area contributed by atoms with Crippen LogP contribution in [0.25, 0.3) is 0 Å². The number of anilines is 1. The predicted octanol–water partition coefficient (Wildman–Crippen LogP) is 2.53. The minimum absolute atomic E-state index is 0.131. The van der Waals surface area contributed by atoms with Gasteiger partial charge in [-0.1, -0.05) is 6.07 Å². The van der Waals surface area contributed by atoms with Gasteiger partial charge in [-0.3, -0.25) is 9.59 Å². The fourth-order valence-corrected chi connectivity index (χ4v) is 3.47. The molecule has 1 saturated heterocycles.